The van der Waals surface area contributed by atoms with E-state index in [1.165, 1.54) is 16.7 Å². The van der Waals surface area contributed by atoms with Gasteiger partial charge in [0.1, 0.15) is 5.69 Å². The Hall–Kier alpha value is -2.20. The predicted octanol–water partition coefficient (Wildman–Crippen LogP) is 2.77. The fourth-order valence-corrected chi connectivity index (χ4v) is 2.62. The van der Waals surface area contributed by atoms with Crippen LogP contribution in [0.1, 0.15) is 34.1 Å². The van der Waals surface area contributed by atoms with Gasteiger partial charge in [-0.1, -0.05) is 30.3 Å². The van der Waals surface area contributed by atoms with Gasteiger partial charge in [0.15, 0.2) is 0 Å². The van der Waals surface area contributed by atoms with Gasteiger partial charge in [-0.15, -0.1) is 0 Å². The number of carbonyl (C=O) groups is 1. The Bertz CT molecular complexity index is 640. The molecule has 2 aromatic rings. The summed E-state index contributed by atoms with van der Waals surface area (Å²) in [6, 6.07) is 12.3. The lowest BCUT2D eigenvalue weighted by Gasteiger charge is -2.14. The maximum absolute atomic E-state index is 11.7. The number of fused-ring (bicyclic) bond motifs is 1. The fraction of sp³-hybridized carbons (Fsp3) is 0.294. The summed E-state index contributed by atoms with van der Waals surface area (Å²) in [5, 5.41) is 0. The first kappa shape index (κ1) is 13.8. The summed E-state index contributed by atoms with van der Waals surface area (Å²) in [6.07, 6.45) is 1.80. The zero-order valence-corrected chi connectivity index (χ0v) is 12.1. The van der Waals surface area contributed by atoms with E-state index in [4.69, 9.17) is 4.74 Å². The van der Waals surface area contributed by atoms with Crippen LogP contribution >= 0.6 is 0 Å². The van der Waals surface area contributed by atoms with Gasteiger partial charge < -0.3 is 4.74 Å². The summed E-state index contributed by atoms with van der Waals surface area (Å²) < 4.78 is 5.00. The van der Waals surface area contributed by atoms with Gasteiger partial charge in [-0.05, 0) is 29.7 Å². The Labute approximate surface area is 124 Å². The number of ether oxygens (including phenoxy) is 1. The van der Waals surface area contributed by atoms with E-state index in [0.29, 0.717) is 12.3 Å². The standard InChI is InChI=1S/C17H18N2O2/c1-2-21-17(20)16-8-14-11-19(12-15(14)9-18-16)10-13-6-4-3-5-7-13/h3-9H,2,10-12H2,1H3. The third-order valence-electron chi connectivity index (χ3n) is 3.60. The largest absolute Gasteiger partial charge is 0.461 e. The summed E-state index contributed by atoms with van der Waals surface area (Å²) in [6.45, 7) is 4.80. The highest BCUT2D eigenvalue weighted by Crippen LogP contribution is 2.24. The van der Waals surface area contributed by atoms with Crippen molar-refractivity contribution in [1.82, 2.24) is 9.88 Å². The van der Waals surface area contributed by atoms with Gasteiger partial charge in [-0.25, -0.2) is 9.78 Å². The molecule has 0 saturated heterocycles. The molecule has 0 bridgehead atoms. The average Bonchev–Trinajstić information content (AvgIpc) is 2.89. The number of hydrogen-bond donors (Lipinski definition) is 0. The van der Waals surface area contributed by atoms with Crippen LogP contribution in [-0.2, 0) is 24.4 Å². The smallest absolute Gasteiger partial charge is 0.356 e. The van der Waals surface area contributed by atoms with E-state index in [1.807, 2.05) is 12.1 Å². The second-order valence-electron chi connectivity index (χ2n) is 5.19. The van der Waals surface area contributed by atoms with E-state index >= 15 is 0 Å². The number of benzene rings is 1. The van der Waals surface area contributed by atoms with E-state index in [1.54, 1.807) is 13.1 Å². The monoisotopic (exact) mass is 282 g/mol. The topological polar surface area (TPSA) is 42.4 Å². The highest BCUT2D eigenvalue weighted by atomic mass is 16.5. The molecule has 1 aromatic heterocycles. The second-order valence-corrected chi connectivity index (χ2v) is 5.19. The number of hydrogen-bond acceptors (Lipinski definition) is 4. The zero-order chi connectivity index (χ0) is 14.7. The molecule has 0 amide bonds. The van der Waals surface area contributed by atoms with Crippen LogP contribution in [0.2, 0.25) is 0 Å². The number of carbonyl (C=O) groups excluding carboxylic acids is 1. The zero-order valence-electron chi connectivity index (χ0n) is 12.1. The van der Waals surface area contributed by atoms with Crippen molar-refractivity contribution in [3.05, 3.63) is 65.0 Å². The molecule has 4 nitrogen and oxygen atoms in total. The minimum Gasteiger partial charge on any atom is -0.461 e. The highest BCUT2D eigenvalue weighted by molar-refractivity contribution is 5.87. The summed E-state index contributed by atoms with van der Waals surface area (Å²) in [5.41, 5.74) is 4.06. The molecular weight excluding hydrogens is 264 g/mol. The van der Waals surface area contributed by atoms with Gasteiger partial charge in [-0.3, -0.25) is 4.90 Å². The lowest BCUT2D eigenvalue weighted by Crippen LogP contribution is -2.15. The highest BCUT2D eigenvalue weighted by Gasteiger charge is 2.21. The number of esters is 1. The third-order valence-corrected chi connectivity index (χ3v) is 3.60. The van der Waals surface area contributed by atoms with Crippen LogP contribution in [0.4, 0.5) is 0 Å². The van der Waals surface area contributed by atoms with Crippen molar-refractivity contribution in [1.29, 1.82) is 0 Å². The van der Waals surface area contributed by atoms with Crippen LogP contribution in [0.15, 0.2) is 42.6 Å². The molecule has 0 saturated carbocycles. The first-order valence-electron chi connectivity index (χ1n) is 7.17. The molecule has 1 aliphatic rings. The minimum atomic E-state index is -0.346. The molecule has 0 spiro atoms. The molecule has 0 radical (unpaired) electrons. The molecule has 0 aliphatic carbocycles. The first-order valence-corrected chi connectivity index (χ1v) is 7.17. The maximum atomic E-state index is 11.7. The van der Waals surface area contributed by atoms with Gasteiger partial charge in [0.05, 0.1) is 6.61 Å². The third kappa shape index (κ3) is 3.11. The van der Waals surface area contributed by atoms with Crippen LogP contribution in [0.5, 0.6) is 0 Å². The quantitative estimate of drug-likeness (QED) is 0.809. The van der Waals surface area contributed by atoms with Crippen LogP contribution in [0.3, 0.4) is 0 Å². The van der Waals surface area contributed by atoms with Crippen LogP contribution in [0.25, 0.3) is 0 Å². The van der Waals surface area contributed by atoms with Gasteiger partial charge >= 0.3 is 5.97 Å². The van der Waals surface area contributed by atoms with Crippen molar-refractivity contribution in [2.24, 2.45) is 0 Å². The number of pyridine rings is 1. The van der Waals surface area contributed by atoms with Crippen molar-refractivity contribution in [2.45, 2.75) is 26.6 Å². The van der Waals surface area contributed by atoms with Gasteiger partial charge in [0.25, 0.3) is 0 Å². The molecule has 1 aliphatic heterocycles. The number of aromatic nitrogens is 1. The molecule has 0 atom stereocenters. The second kappa shape index (κ2) is 6.06. The van der Waals surface area contributed by atoms with Crippen LogP contribution in [0, 0.1) is 0 Å². The molecule has 4 heteroatoms. The Balaban J connectivity index is 1.71. The van der Waals surface area contributed by atoms with Crippen molar-refractivity contribution < 1.29 is 9.53 Å². The van der Waals surface area contributed by atoms with Crippen LogP contribution < -0.4 is 0 Å². The normalized spacial score (nSPS) is 14.0. The van der Waals surface area contributed by atoms with E-state index in [0.717, 1.165) is 19.6 Å². The Morgan fingerprint density at radius 2 is 2.00 bits per heavy atom. The van der Waals surface area contributed by atoms with Crippen molar-refractivity contribution in [2.75, 3.05) is 6.61 Å². The molecule has 21 heavy (non-hydrogen) atoms. The van der Waals surface area contributed by atoms with Crippen LogP contribution in [-0.4, -0.2) is 22.5 Å². The summed E-state index contributed by atoms with van der Waals surface area (Å²) in [4.78, 5) is 18.3. The molecule has 1 aromatic carbocycles. The molecule has 2 heterocycles. The predicted molar refractivity (Wildman–Crippen MR) is 79.6 cm³/mol. The van der Waals surface area contributed by atoms with E-state index in [9.17, 15) is 4.79 Å². The van der Waals surface area contributed by atoms with E-state index < -0.39 is 0 Å². The summed E-state index contributed by atoms with van der Waals surface area (Å²) >= 11 is 0. The van der Waals surface area contributed by atoms with Gasteiger partial charge in [0, 0.05) is 25.8 Å². The molecule has 0 N–H and O–H groups in total. The Kier molecular flexibility index (Phi) is 3.97. The Morgan fingerprint density at radius 3 is 2.76 bits per heavy atom. The lowest BCUT2D eigenvalue weighted by atomic mass is 10.1. The molecule has 108 valence electrons. The van der Waals surface area contributed by atoms with Crippen molar-refractivity contribution >= 4 is 5.97 Å². The Morgan fingerprint density at radius 1 is 1.24 bits per heavy atom. The summed E-state index contributed by atoms with van der Waals surface area (Å²) in [7, 11) is 0. The molecule has 3 rings (SSSR count). The fourth-order valence-electron chi connectivity index (χ4n) is 2.62. The van der Waals surface area contributed by atoms with Crippen molar-refractivity contribution in [3.63, 3.8) is 0 Å². The van der Waals surface area contributed by atoms with Gasteiger partial charge in [-0.2, -0.15) is 0 Å². The first-order chi connectivity index (χ1) is 10.3. The average molecular weight is 282 g/mol. The molecule has 0 fully saturated rings. The van der Waals surface area contributed by atoms with Gasteiger partial charge in [0.2, 0.25) is 0 Å². The van der Waals surface area contributed by atoms with Crippen molar-refractivity contribution in [3.8, 4) is 0 Å². The SMILES string of the molecule is CCOC(=O)c1cc2c(cn1)CN(Cc1ccccc1)C2. The summed E-state index contributed by atoms with van der Waals surface area (Å²) in [5.74, 6) is -0.346. The van der Waals surface area contributed by atoms with E-state index in [-0.39, 0.29) is 5.97 Å². The minimum absolute atomic E-state index is 0.346. The maximum Gasteiger partial charge on any atom is 0.356 e. The molecular formula is C17H18N2O2. The number of rotatable bonds is 4. The van der Waals surface area contributed by atoms with E-state index in [2.05, 4.69) is 34.1 Å². The lowest BCUT2D eigenvalue weighted by molar-refractivity contribution is 0.0519. The number of nitrogens with zero attached hydrogens (tertiary/aromatic N) is 2. The molecule has 0 unspecified atom stereocenters.